The predicted molar refractivity (Wildman–Crippen MR) is 153 cm³/mol. The van der Waals surface area contributed by atoms with Gasteiger partial charge >= 0.3 is 5.97 Å². The molecule has 7 atom stereocenters. The number of thiol groups is 1. The van der Waals surface area contributed by atoms with Gasteiger partial charge in [0.2, 0.25) is 11.1 Å². The van der Waals surface area contributed by atoms with Crippen molar-refractivity contribution in [3.8, 4) is 5.69 Å². The van der Waals surface area contributed by atoms with Crippen molar-refractivity contribution in [2.45, 2.75) is 89.4 Å². The molecule has 1 N–H and O–H groups in total. The first-order chi connectivity index (χ1) is 19.6. The van der Waals surface area contributed by atoms with Crippen LogP contribution in [0.5, 0.6) is 0 Å². The average molecular weight is 584 g/mol. The van der Waals surface area contributed by atoms with Crippen LogP contribution >= 0.6 is 12.6 Å². The molecule has 4 aliphatic rings. The van der Waals surface area contributed by atoms with Crippen molar-refractivity contribution >= 4 is 29.8 Å². The molecule has 1 aliphatic heterocycles. The Morgan fingerprint density at radius 3 is 2.80 bits per heavy atom. The van der Waals surface area contributed by atoms with Crippen molar-refractivity contribution in [3.05, 3.63) is 47.3 Å². The van der Waals surface area contributed by atoms with Gasteiger partial charge in [0.05, 0.1) is 29.9 Å². The van der Waals surface area contributed by atoms with E-state index in [1.165, 1.54) is 17.8 Å². The van der Waals surface area contributed by atoms with Crippen LogP contribution in [0.25, 0.3) is 11.8 Å². The lowest BCUT2D eigenvalue weighted by Gasteiger charge is -2.47. The standard InChI is InChI=1S/C31H38FN3O5S/c1-18-10-11-31(29(38)41,40-28(37)26-7-4-12-39-26)30(18,2)15-25(36)22-6-3-5-19-14-24-20(13-23(19)22)16-34-35(24)21-8-9-27(32)33-17-21/h8-9,14,16-18,22-23,25-26,36H,3-7,10-13,15H2,1-2H3,(H,38,41). The second kappa shape index (κ2) is 10.9. The third kappa shape index (κ3) is 4.85. The molecule has 2 aromatic rings. The Morgan fingerprint density at radius 2 is 2.10 bits per heavy atom. The van der Waals surface area contributed by atoms with Crippen LogP contribution < -0.4 is 0 Å². The van der Waals surface area contributed by atoms with Gasteiger partial charge in [-0.25, -0.2) is 14.5 Å². The number of carbonyl (C=O) groups is 2. The normalized spacial score (nSPS) is 33.5. The van der Waals surface area contributed by atoms with Crippen LogP contribution in [0.3, 0.4) is 0 Å². The average Bonchev–Trinajstić information content (AvgIpc) is 3.68. The SMILES string of the molecule is CC1CCC(OC(=O)C2CCCO2)(C(=O)S)C1(C)CC(O)C1CCCC2=Cc3c(cnn3-c3ccc(F)nc3)CC21. The van der Waals surface area contributed by atoms with E-state index in [1.807, 2.05) is 13.1 Å². The van der Waals surface area contributed by atoms with Crippen LogP contribution in [-0.2, 0) is 25.5 Å². The molecule has 1 saturated heterocycles. The summed E-state index contributed by atoms with van der Waals surface area (Å²) in [6.07, 6.45) is 10.4. The summed E-state index contributed by atoms with van der Waals surface area (Å²) in [6.45, 7) is 4.56. The first-order valence-corrected chi connectivity index (χ1v) is 15.2. The van der Waals surface area contributed by atoms with E-state index in [1.54, 1.807) is 10.7 Å². The number of allylic oxidation sites excluding steroid dienone is 1. The van der Waals surface area contributed by atoms with Gasteiger partial charge in [-0.3, -0.25) is 4.79 Å². The number of esters is 1. The third-order valence-corrected chi connectivity index (χ3v) is 10.8. The highest BCUT2D eigenvalue weighted by Gasteiger charge is 2.63. The van der Waals surface area contributed by atoms with Crippen molar-refractivity contribution in [2.24, 2.45) is 23.2 Å². The molecule has 3 fully saturated rings. The molecule has 220 valence electrons. The molecule has 3 aliphatic carbocycles. The van der Waals surface area contributed by atoms with Crippen molar-refractivity contribution in [2.75, 3.05) is 6.61 Å². The van der Waals surface area contributed by atoms with Gasteiger partial charge in [-0.1, -0.05) is 19.4 Å². The van der Waals surface area contributed by atoms with Crippen LogP contribution in [0.15, 0.2) is 30.1 Å². The summed E-state index contributed by atoms with van der Waals surface area (Å²) in [5, 5.41) is 16.0. The Hall–Kier alpha value is -2.56. The van der Waals surface area contributed by atoms with Crippen molar-refractivity contribution in [1.82, 2.24) is 14.8 Å². The van der Waals surface area contributed by atoms with Gasteiger partial charge < -0.3 is 14.6 Å². The van der Waals surface area contributed by atoms with Crippen LogP contribution in [0.2, 0.25) is 0 Å². The molecule has 8 nitrogen and oxygen atoms in total. The number of hydrogen-bond donors (Lipinski definition) is 2. The summed E-state index contributed by atoms with van der Waals surface area (Å²) in [5.41, 5.74) is 1.84. The van der Waals surface area contributed by atoms with Gasteiger partial charge in [0.15, 0.2) is 11.7 Å². The Kier molecular flexibility index (Phi) is 7.61. The zero-order valence-corrected chi connectivity index (χ0v) is 24.5. The van der Waals surface area contributed by atoms with E-state index in [2.05, 4.69) is 35.7 Å². The molecule has 10 heteroatoms. The largest absolute Gasteiger partial charge is 0.448 e. The fourth-order valence-corrected chi connectivity index (χ4v) is 8.29. The maximum absolute atomic E-state index is 13.4. The maximum Gasteiger partial charge on any atom is 0.336 e. The zero-order valence-electron chi connectivity index (χ0n) is 23.6. The molecule has 0 aromatic carbocycles. The number of nitrogens with zero attached hydrogens (tertiary/aromatic N) is 3. The van der Waals surface area contributed by atoms with E-state index in [-0.39, 0.29) is 17.8 Å². The maximum atomic E-state index is 13.4. The molecule has 41 heavy (non-hydrogen) atoms. The second-order valence-corrected chi connectivity index (χ2v) is 13.0. The van der Waals surface area contributed by atoms with Crippen LogP contribution in [0.1, 0.15) is 76.5 Å². The smallest absolute Gasteiger partial charge is 0.336 e. The number of carbonyl (C=O) groups excluding carboxylic acids is 2. The summed E-state index contributed by atoms with van der Waals surface area (Å²) in [6, 6.07) is 2.99. The molecule has 7 unspecified atom stereocenters. The van der Waals surface area contributed by atoms with Gasteiger partial charge in [-0.05, 0) is 99.3 Å². The fourth-order valence-electron chi connectivity index (χ4n) is 7.88. The number of aromatic nitrogens is 3. The van der Waals surface area contributed by atoms with E-state index in [4.69, 9.17) is 9.47 Å². The zero-order chi connectivity index (χ0) is 28.9. The highest BCUT2D eigenvalue weighted by molar-refractivity contribution is 7.96. The molecule has 0 radical (unpaired) electrons. The van der Waals surface area contributed by atoms with Crippen molar-refractivity contribution < 1.29 is 28.6 Å². The Balaban J connectivity index is 1.25. The number of halogens is 1. The van der Waals surface area contributed by atoms with Crippen molar-refractivity contribution in [1.29, 1.82) is 0 Å². The lowest BCUT2D eigenvalue weighted by Crippen LogP contribution is -2.55. The number of ether oxygens (including phenoxy) is 2. The minimum atomic E-state index is -1.41. The summed E-state index contributed by atoms with van der Waals surface area (Å²) in [4.78, 5) is 30.0. The summed E-state index contributed by atoms with van der Waals surface area (Å²) in [7, 11) is 0. The number of aliphatic hydroxyl groups excluding tert-OH is 1. The Bertz CT molecular complexity index is 1360. The molecule has 2 saturated carbocycles. The highest BCUT2D eigenvalue weighted by atomic mass is 32.1. The van der Waals surface area contributed by atoms with Gasteiger partial charge in [-0.2, -0.15) is 9.49 Å². The molecule has 6 rings (SSSR count). The van der Waals surface area contributed by atoms with Crippen LogP contribution in [-0.4, -0.2) is 55.4 Å². The number of pyridine rings is 1. The third-order valence-electron chi connectivity index (χ3n) is 10.5. The molecular weight excluding hydrogens is 545 g/mol. The van der Waals surface area contributed by atoms with E-state index < -0.39 is 40.3 Å². The van der Waals surface area contributed by atoms with E-state index >= 15 is 0 Å². The summed E-state index contributed by atoms with van der Waals surface area (Å²) >= 11 is 4.26. The topological polar surface area (TPSA) is 104 Å². The highest BCUT2D eigenvalue weighted by Crippen LogP contribution is 2.57. The van der Waals surface area contributed by atoms with Crippen molar-refractivity contribution in [3.63, 3.8) is 0 Å². The first kappa shape index (κ1) is 28.6. The molecule has 0 bridgehead atoms. The number of rotatable bonds is 7. The Morgan fingerprint density at radius 1 is 1.27 bits per heavy atom. The van der Waals surface area contributed by atoms with Crippen LogP contribution in [0.4, 0.5) is 4.39 Å². The number of fused-ring (bicyclic) bond motifs is 2. The predicted octanol–water partition coefficient (Wildman–Crippen LogP) is 4.87. The van der Waals surface area contributed by atoms with E-state index in [0.717, 1.165) is 43.4 Å². The van der Waals surface area contributed by atoms with Gasteiger partial charge in [0, 0.05) is 12.0 Å². The Labute approximate surface area is 245 Å². The molecular formula is C31H38FN3O5S. The van der Waals surface area contributed by atoms with Gasteiger partial charge in [-0.15, -0.1) is 12.6 Å². The lowest BCUT2D eigenvalue weighted by molar-refractivity contribution is -0.188. The molecule has 0 spiro atoms. The number of aliphatic hydroxyl groups is 1. The minimum absolute atomic E-state index is 0.00907. The second-order valence-electron chi connectivity index (χ2n) is 12.6. The molecule has 3 heterocycles. The number of hydrogen-bond acceptors (Lipinski definition) is 7. The summed E-state index contributed by atoms with van der Waals surface area (Å²) < 4.78 is 26.8. The quantitative estimate of drug-likeness (QED) is 0.272. The van der Waals surface area contributed by atoms with E-state index in [9.17, 15) is 19.1 Å². The molecule has 2 aromatic heterocycles. The van der Waals surface area contributed by atoms with E-state index in [0.29, 0.717) is 38.0 Å². The van der Waals surface area contributed by atoms with Crippen LogP contribution in [0, 0.1) is 29.1 Å². The lowest BCUT2D eigenvalue weighted by atomic mass is 9.62. The first-order valence-electron chi connectivity index (χ1n) is 14.8. The van der Waals surface area contributed by atoms with Gasteiger partial charge in [0.25, 0.3) is 0 Å². The van der Waals surface area contributed by atoms with Gasteiger partial charge in [0.1, 0.15) is 0 Å². The minimum Gasteiger partial charge on any atom is -0.448 e. The fraction of sp³-hybridized carbons (Fsp3) is 0.613. The summed E-state index contributed by atoms with van der Waals surface area (Å²) in [5.74, 6) is -0.857. The monoisotopic (exact) mass is 583 g/mol. The molecule has 0 amide bonds.